The Morgan fingerprint density at radius 1 is 1.00 bits per heavy atom. The van der Waals surface area contributed by atoms with Gasteiger partial charge in [-0.25, -0.2) is 9.80 Å². The van der Waals surface area contributed by atoms with Crippen LogP contribution in [0.1, 0.15) is 38.3 Å². The molecule has 4 heterocycles. The van der Waals surface area contributed by atoms with Crippen molar-refractivity contribution in [3.05, 3.63) is 56.7 Å². The molecule has 0 radical (unpaired) electrons. The number of aryl methyl sites for hydroxylation is 1. The number of fused-ring (bicyclic) bond motifs is 3. The van der Waals surface area contributed by atoms with E-state index in [2.05, 4.69) is 35.2 Å². The van der Waals surface area contributed by atoms with Crippen LogP contribution in [0.5, 0.6) is 0 Å². The lowest BCUT2D eigenvalue weighted by molar-refractivity contribution is 0.187. The van der Waals surface area contributed by atoms with Crippen LogP contribution >= 0.6 is 0 Å². The first-order valence-corrected chi connectivity index (χ1v) is 12.1. The second-order valence-corrected chi connectivity index (χ2v) is 9.68. The molecule has 5 rings (SSSR count). The van der Waals surface area contributed by atoms with Gasteiger partial charge in [-0.3, -0.25) is 18.5 Å². The van der Waals surface area contributed by atoms with Crippen molar-refractivity contribution in [1.29, 1.82) is 0 Å². The van der Waals surface area contributed by atoms with Gasteiger partial charge in [0, 0.05) is 20.6 Å². The summed E-state index contributed by atoms with van der Waals surface area (Å²) in [4.78, 5) is 32.6. The van der Waals surface area contributed by atoms with Gasteiger partial charge in [-0.1, -0.05) is 30.3 Å². The molecule has 9 heteroatoms. The number of hydrogen-bond acceptors (Lipinski definition) is 6. The van der Waals surface area contributed by atoms with Gasteiger partial charge in [0.25, 0.3) is 5.56 Å². The third-order valence-corrected chi connectivity index (χ3v) is 7.48. The number of benzene rings is 1. The lowest BCUT2D eigenvalue weighted by Crippen LogP contribution is -2.41. The number of aromatic nitrogens is 4. The molecule has 2 aliphatic heterocycles. The zero-order valence-electron chi connectivity index (χ0n) is 20.4. The van der Waals surface area contributed by atoms with Crippen LogP contribution in [0.4, 0.5) is 5.95 Å². The molecule has 2 aliphatic rings. The van der Waals surface area contributed by atoms with Crippen molar-refractivity contribution in [3.63, 3.8) is 0 Å². The number of piperidine rings is 1. The minimum atomic E-state index is -0.372. The standard InChI is InChI=1S/C25H33N7O2/c1-17-18(2)32-21-22(28(3)25(34)29(4)23(21)33)26-24(32)31(27-17)15-14-30-12-10-20(11-13-30)16-19-8-6-5-7-9-19/h5-9,18,20H,10-16H2,1-4H3/t18-/m1/s1. The van der Waals surface area contributed by atoms with E-state index in [4.69, 9.17) is 10.1 Å². The lowest BCUT2D eigenvalue weighted by Gasteiger charge is -2.34. The molecule has 0 bridgehead atoms. The Kier molecular flexibility index (Phi) is 5.89. The average molecular weight is 464 g/mol. The summed E-state index contributed by atoms with van der Waals surface area (Å²) >= 11 is 0. The van der Waals surface area contributed by atoms with Crippen LogP contribution in [0.3, 0.4) is 0 Å². The molecule has 1 saturated heterocycles. The molecule has 1 fully saturated rings. The topological polar surface area (TPSA) is 80.7 Å². The fourth-order valence-corrected chi connectivity index (χ4v) is 5.21. The van der Waals surface area contributed by atoms with E-state index in [0.29, 0.717) is 23.7 Å². The zero-order valence-corrected chi connectivity index (χ0v) is 20.4. The number of rotatable bonds is 5. The summed E-state index contributed by atoms with van der Waals surface area (Å²) in [5.74, 6) is 1.36. The molecular weight excluding hydrogens is 430 g/mol. The van der Waals surface area contributed by atoms with Crippen molar-refractivity contribution < 1.29 is 0 Å². The summed E-state index contributed by atoms with van der Waals surface area (Å²) in [6.07, 6.45) is 3.55. The van der Waals surface area contributed by atoms with Gasteiger partial charge in [-0.05, 0) is 57.7 Å². The first-order valence-electron chi connectivity index (χ1n) is 12.1. The van der Waals surface area contributed by atoms with Crippen molar-refractivity contribution in [2.24, 2.45) is 25.1 Å². The second kappa shape index (κ2) is 8.87. The van der Waals surface area contributed by atoms with Crippen LogP contribution in [0.2, 0.25) is 0 Å². The molecule has 0 amide bonds. The third-order valence-electron chi connectivity index (χ3n) is 7.48. The summed E-state index contributed by atoms with van der Waals surface area (Å²) in [5, 5.41) is 6.70. The van der Waals surface area contributed by atoms with Crippen LogP contribution in [0, 0.1) is 5.92 Å². The van der Waals surface area contributed by atoms with E-state index in [1.165, 1.54) is 30.0 Å². The van der Waals surface area contributed by atoms with E-state index in [1.807, 2.05) is 23.4 Å². The normalized spacial score (nSPS) is 19.5. The predicted octanol–water partition coefficient (Wildman–Crippen LogP) is 2.15. The van der Waals surface area contributed by atoms with Gasteiger partial charge in [0.2, 0.25) is 5.95 Å². The maximum absolute atomic E-state index is 13.0. The summed E-state index contributed by atoms with van der Waals surface area (Å²) in [6, 6.07) is 10.7. The summed E-state index contributed by atoms with van der Waals surface area (Å²) < 4.78 is 4.53. The van der Waals surface area contributed by atoms with E-state index < -0.39 is 0 Å². The molecule has 0 unspecified atom stereocenters. The Morgan fingerprint density at radius 3 is 2.41 bits per heavy atom. The zero-order chi connectivity index (χ0) is 24.0. The first-order chi connectivity index (χ1) is 16.3. The van der Waals surface area contributed by atoms with Crippen LogP contribution < -0.4 is 16.3 Å². The van der Waals surface area contributed by atoms with Gasteiger partial charge in [-0.15, -0.1) is 0 Å². The van der Waals surface area contributed by atoms with Crippen molar-refractivity contribution in [2.75, 3.05) is 31.2 Å². The van der Waals surface area contributed by atoms with Crippen LogP contribution in [0.25, 0.3) is 11.2 Å². The fraction of sp³-hybridized carbons (Fsp3) is 0.520. The monoisotopic (exact) mass is 463 g/mol. The Bertz CT molecular complexity index is 1340. The number of imidazole rings is 1. The number of nitrogens with zero attached hydrogens (tertiary/aromatic N) is 7. The largest absolute Gasteiger partial charge is 0.332 e. The van der Waals surface area contributed by atoms with Crippen molar-refractivity contribution >= 4 is 22.8 Å². The van der Waals surface area contributed by atoms with Gasteiger partial charge in [0.15, 0.2) is 11.2 Å². The maximum Gasteiger partial charge on any atom is 0.332 e. The summed E-state index contributed by atoms with van der Waals surface area (Å²) in [7, 11) is 3.17. The molecule has 1 atom stereocenters. The highest BCUT2D eigenvalue weighted by atomic mass is 16.2. The quantitative estimate of drug-likeness (QED) is 0.579. The Labute approximate surface area is 198 Å². The van der Waals surface area contributed by atoms with Crippen LogP contribution in [-0.4, -0.2) is 55.5 Å². The molecule has 0 aliphatic carbocycles. The Balaban J connectivity index is 1.32. The molecule has 1 aromatic carbocycles. The van der Waals surface area contributed by atoms with Crippen molar-refractivity contribution in [2.45, 2.75) is 39.2 Å². The average Bonchev–Trinajstić information content (AvgIpc) is 3.26. The lowest BCUT2D eigenvalue weighted by atomic mass is 9.90. The minimum Gasteiger partial charge on any atom is -0.301 e. The number of likely N-dealkylation sites (tertiary alicyclic amines) is 1. The van der Waals surface area contributed by atoms with E-state index >= 15 is 0 Å². The van der Waals surface area contributed by atoms with E-state index in [9.17, 15) is 9.59 Å². The molecular formula is C25H33N7O2. The van der Waals surface area contributed by atoms with Gasteiger partial charge < -0.3 is 4.90 Å². The minimum absolute atomic E-state index is 0.102. The highest BCUT2D eigenvalue weighted by molar-refractivity contribution is 5.91. The van der Waals surface area contributed by atoms with E-state index in [-0.39, 0.29) is 17.3 Å². The number of anilines is 1. The van der Waals surface area contributed by atoms with E-state index in [1.54, 1.807) is 7.05 Å². The fourth-order valence-electron chi connectivity index (χ4n) is 5.21. The van der Waals surface area contributed by atoms with Crippen molar-refractivity contribution in [1.82, 2.24) is 23.6 Å². The molecule has 180 valence electrons. The van der Waals surface area contributed by atoms with Crippen molar-refractivity contribution in [3.8, 4) is 0 Å². The Morgan fingerprint density at radius 2 is 1.71 bits per heavy atom. The highest BCUT2D eigenvalue weighted by Crippen LogP contribution is 2.30. The van der Waals surface area contributed by atoms with Gasteiger partial charge >= 0.3 is 5.69 Å². The molecule has 9 nitrogen and oxygen atoms in total. The maximum atomic E-state index is 13.0. The van der Waals surface area contributed by atoms with Crippen LogP contribution in [0.15, 0.2) is 45.0 Å². The highest BCUT2D eigenvalue weighted by Gasteiger charge is 2.30. The first kappa shape index (κ1) is 22.6. The Hall–Kier alpha value is -3.20. The number of hydrazone groups is 1. The predicted molar refractivity (Wildman–Crippen MR) is 135 cm³/mol. The summed E-state index contributed by atoms with van der Waals surface area (Å²) in [6.45, 7) is 7.72. The molecule has 2 aromatic heterocycles. The second-order valence-electron chi connectivity index (χ2n) is 9.68. The molecule has 34 heavy (non-hydrogen) atoms. The van der Waals surface area contributed by atoms with Gasteiger partial charge in [0.05, 0.1) is 18.3 Å². The molecule has 0 saturated carbocycles. The molecule has 3 aromatic rings. The SMILES string of the molecule is CC1=NN(CCN2CCC(Cc3ccccc3)CC2)c2nc3c(c(=O)n(C)c(=O)n3C)n2[C@@H]1C. The van der Waals surface area contributed by atoms with E-state index in [0.717, 1.165) is 42.3 Å². The smallest absolute Gasteiger partial charge is 0.301 e. The third kappa shape index (κ3) is 3.87. The number of hydrogen-bond donors (Lipinski definition) is 0. The summed E-state index contributed by atoms with van der Waals surface area (Å²) in [5.41, 5.74) is 2.51. The van der Waals surface area contributed by atoms with Gasteiger partial charge in [-0.2, -0.15) is 10.1 Å². The van der Waals surface area contributed by atoms with Gasteiger partial charge in [0.1, 0.15) is 0 Å². The molecule has 0 N–H and O–H groups in total. The molecule has 0 spiro atoms. The van der Waals surface area contributed by atoms with Crippen LogP contribution in [-0.2, 0) is 20.5 Å².